The van der Waals surface area contributed by atoms with Crippen LogP contribution in [0.25, 0.3) is 0 Å². The molecule has 0 spiro atoms. The lowest BCUT2D eigenvalue weighted by molar-refractivity contribution is -0.348. The number of carbonyl (C=O) groups excluding carboxylic acids is 1. The number of carbonyl (C=O) groups is 1. The highest BCUT2D eigenvalue weighted by atomic mass is 35.5. The molecule has 0 saturated carbocycles. The number of hydrogen-bond acceptors (Lipinski definition) is 2. The molecule has 22 heavy (non-hydrogen) atoms. The van der Waals surface area contributed by atoms with Crippen molar-refractivity contribution in [2.24, 2.45) is 0 Å². The number of rotatable bonds is 4. The first-order chi connectivity index (χ1) is 9.82. The van der Waals surface area contributed by atoms with Gasteiger partial charge in [0.15, 0.2) is 0 Å². The fraction of sp³-hybridized carbons (Fsp3) is 0.364. The maximum absolute atomic E-state index is 13.0. The van der Waals surface area contributed by atoms with Crippen molar-refractivity contribution in [3.05, 3.63) is 33.8 Å². The minimum absolute atomic E-state index is 0.147. The first-order valence-electron chi connectivity index (χ1n) is 5.25. The van der Waals surface area contributed by atoms with Gasteiger partial charge in [0.25, 0.3) is 0 Å². The second-order valence-corrected chi connectivity index (χ2v) is 4.74. The molecule has 0 aliphatic heterocycles. The van der Waals surface area contributed by atoms with E-state index in [1.54, 1.807) is 0 Å². The first-order valence-corrected chi connectivity index (χ1v) is 6.00. The van der Waals surface area contributed by atoms with Crippen LogP contribution in [0.1, 0.15) is 5.56 Å². The highest BCUT2D eigenvalue weighted by molar-refractivity contribution is 6.35. The molecule has 1 aromatic carbocycles. The molecule has 1 aromatic rings. The van der Waals surface area contributed by atoms with Crippen molar-refractivity contribution in [3.63, 3.8) is 0 Å². The Hall–Kier alpha value is -1.22. The molecule has 2 nitrogen and oxygen atoms in total. The van der Waals surface area contributed by atoms with Crippen LogP contribution in [0.2, 0.25) is 10.0 Å². The van der Waals surface area contributed by atoms with Gasteiger partial charge in [-0.05, 0) is 12.1 Å². The van der Waals surface area contributed by atoms with Crippen molar-refractivity contribution in [2.45, 2.75) is 24.6 Å². The van der Waals surface area contributed by atoms with E-state index in [1.807, 2.05) is 0 Å². The van der Waals surface area contributed by atoms with Crippen LogP contribution in [0.3, 0.4) is 0 Å². The molecule has 0 unspecified atom stereocenters. The number of ether oxygens (including phenoxy) is 1. The van der Waals surface area contributed by atoms with Gasteiger partial charge in [0.05, 0.1) is 0 Å². The summed E-state index contributed by atoms with van der Waals surface area (Å²) >= 11 is 11.2. The van der Waals surface area contributed by atoms with E-state index < -0.39 is 30.6 Å². The zero-order valence-electron chi connectivity index (χ0n) is 10.2. The molecule has 0 radical (unpaired) electrons. The van der Waals surface area contributed by atoms with Crippen LogP contribution >= 0.6 is 23.2 Å². The molecule has 0 bridgehead atoms. The number of halogens is 9. The van der Waals surface area contributed by atoms with E-state index in [2.05, 4.69) is 4.74 Å². The minimum atomic E-state index is -6.63. The summed E-state index contributed by atoms with van der Waals surface area (Å²) in [5, 5.41) is -0.294. The molecular weight excluding hydrogens is 368 g/mol. The van der Waals surface area contributed by atoms with E-state index >= 15 is 0 Å². The third-order valence-corrected chi connectivity index (χ3v) is 3.12. The summed E-state index contributed by atoms with van der Waals surface area (Å²) in [5.74, 6) is -15.7. The fourth-order valence-electron chi connectivity index (χ4n) is 1.20. The summed E-state index contributed by atoms with van der Waals surface area (Å²) in [6.45, 7) is -1.10. The normalized spacial score (nSPS) is 13.1. The Balaban J connectivity index is 2.94. The minimum Gasteiger partial charge on any atom is -0.456 e. The van der Waals surface area contributed by atoms with Crippen LogP contribution in [0.4, 0.5) is 30.7 Å². The summed E-state index contributed by atoms with van der Waals surface area (Å²) in [5.41, 5.74) is -0.217. The van der Waals surface area contributed by atoms with Gasteiger partial charge in [-0.2, -0.15) is 30.7 Å². The van der Waals surface area contributed by atoms with Gasteiger partial charge < -0.3 is 4.74 Å². The van der Waals surface area contributed by atoms with Crippen LogP contribution in [-0.2, 0) is 16.1 Å². The number of esters is 1. The van der Waals surface area contributed by atoms with Crippen LogP contribution in [0.5, 0.6) is 0 Å². The van der Waals surface area contributed by atoms with Crippen LogP contribution in [0.15, 0.2) is 18.2 Å². The predicted molar refractivity (Wildman–Crippen MR) is 62.2 cm³/mol. The van der Waals surface area contributed by atoms with Crippen LogP contribution in [-0.4, -0.2) is 24.0 Å². The Morgan fingerprint density at radius 2 is 1.45 bits per heavy atom. The van der Waals surface area contributed by atoms with Gasteiger partial charge in [0.2, 0.25) is 0 Å². The van der Waals surface area contributed by atoms with Gasteiger partial charge >= 0.3 is 24.0 Å². The number of hydrogen-bond donors (Lipinski definition) is 0. The molecule has 124 valence electrons. The Labute approximate surface area is 128 Å². The maximum atomic E-state index is 13.0. The van der Waals surface area contributed by atoms with Gasteiger partial charge in [-0.1, -0.05) is 29.3 Å². The highest BCUT2D eigenvalue weighted by Crippen LogP contribution is 2.47. The highest BCUT2D eigenvalue weighted by Gasteiger charge is 2.77. The summed E-state index contributed by atoms with van der Waals surface area (Å²) < 4.78 is 90.7. The lowest BCUT2D eigenvalue weighted by Gasteiger charge is -2.26. The Bertz CT molecular complexity index is 552. The van der Waals surface area contributed by atoms with Gasteiger partial charge in [0, 0.05) is 15.6 Å². The monoisotopic (exact) mass is 372 g/mol. The largest absolute Gasteiger partial charge is 0.460 e. The van der Waals surface area contributed by atoms with E-state index in [0.717, 1.165) is 0 Å². The van der Waals surface area contributed by atoms with Crippen molar-refractivity contribution in [3.8, 4) is 0 Å². The van der Waals surface area contributed by atoms with Crippen molar-refractivity contribution in [1.82, 2.24) is 0 Å². The zero-order valence-corrected chi connectivity index (χ0v) is 11.7. The number of alkyl halides is 7. The first kappa shape index (κ1) is 18.8. The lowest BCUT2D eigenvalue weighted by Crippen LogP contribution is -2.56. The molecule has 0 heterocycles. The predicted octanol–water partition coefficient (Wildman–Crippen LogP) is 4.87. The topological polar surface area (TPSA) is 26.3 Å². The molecule has 11 heteroatoms. The fourth-order valence-corrected chi connectivity index (χ4v) is 1.71. The maximum Gasteiger partial charge on any atom is 0.460 e. The van der Waals surface area contributed by atoms with E-state index in [9.17, 15) is 35.5 Å². The number of benzene rings is 1. The smallest absolute Gasteiger partial charge is 0.456 e. The average molecular weight is 373 g/mol. The average Bonchev–Trinajstić information content (AvgIpc) is 2.36. The van der Waals surface area contributed by atoms with Crippen molar-refractivity contribution < 1.29 is 40.3 Å². The van der Waals surface area contributed by atoms with Gasteiger partial charge in [0.1, 0.15) is 6.61 Å². The third-order valence-electron chi connectivity index (χ3n) is 2.42. The SMILES string of the molecule is O=C(OCc1c(Cl)cccc1Cl)C(F)(F)C(F)(F)C(F)(F)F. The zero-order chi connectivity index (χ0) is 17.3. The molecule has 0 atom stereocenters. The molecule has 1 rings (SSSR count). The summed E-state index contributed by atoms with van der Waals surface area (Å²) in [6, 6.07) is 3.79. The summed E-state index contributed by atoms with van der Waals surface area (Å²) in [7, 11) is 0. The molecule has 0 aliphatic rings. The van der Waals surface area contributed by atoms with E-state index in [4.69, 9.17) is 23.2 Å². The molecule has 0 amide bonds. The van der Waals surface area contributed by atoms with Gasteiger partial charge in [-0.25, -0.2) is 4.79 Å². The molecule has 0 aliphatic carbocycles. The molecular formula is C11H5Cl2F7O2. The Kier molecular flexibility index (Phi) is 5.23. The molecule has 0 aromatic heterocycles. The molecule has 0 saturated heterocycles. The van der Waals surface area contributed by atoms with E-state index in [-0.39, 0.29) is 15.6 Å². The standard InChI is InChI=1S/C11H5Cl2F7O2/c12-6-2-1-3-7(13)5(6)4-22-8(21)9(14,15)10(16,17)11(18,19)20/h1-3H,4H2. The second kappa shape index (κ2) is 6.11. The van der Waals surface area contributed by atoms with Gasteiger partial charge in [-0.3, -0.25) is 0 Å². The van der Waals surface area contributed by atoms with Crippen LogP contribution in [0, 0.1) is 0 Å². The molecule has 0 N–H and O–H groups in total. The second-order valence-electron chi connectivity index (χ2n) is 3.92. The van der Waals surface area contributed by atoms with E-state index in [1.165, 1.54) is 18.2 Å². The molecule has 0 fully saturated rings. The Morgan fingerprint density at radius 3 is 1.86 bits per heavy atom. The van der Waals surface area contributed by atoms with Crippen molar-refractivity contribution >= 4 is 29.2 Å². The lowest BCUT2D eigenvalue weighted by atomic mass is 10.1. The third kappa shape index (κ3) is 3.40. The Morgan fingerprint density at radius 1 is 1.00 bits per heavy atom. The van der Waals surface area contributed by atoms with Crippen molar-refractivity contribution in [2.75, 3.05) is 0 Å². The van der Waals surface area contributed by atoms with Crippen molar-refractivity contribution in [1.29, 1.82) is 0 Å². The summed E-state index contributed by atoms with van der Waals surface area (Å²) in [4.78, 5) is 10.9. The van der Waals surface area contributed by atoms with Crippen LogP contribution < -0.4 is 0 Å². The quantitative estimate of drug-likeness (QED) is 0.556. The van der Waals surface area contributed by atoms with Gasteiger partial charge in [-0.15, -0.1) is 0 Å². The van der Waals surface area contributed by atoms with E-state index in [0.29, 0.717) is 0 Å². The summed E-state index contributed by atoms with van der Waals surface area (Å²) in [6.07, 6.45) is -6.63.